The van der Waals surface area contributed by atoms with Crippen molar-refractivity contribution < 1.29 is 5.11 Å². The van der Waals surface area contributed by atoms with Gasteiger partial charge in [-0.1, -0.05) is 35.8 Å². The molecule has 1 aromatic rings. The maximum atomic E-state index is 9.61. The van der Waals surface area contributed by atoms with E-state index >= 15 is 0 Å². The van der Waals surface area contributed by atoms with E-state index in [1.807, 2.05) is 0 Å². The van der Waals surface area contributed by atoms with Gasteiger partial charge in [-0.3, -0.25) is 0 Å². The smallest absolute Gasteiger partial charge is 0.0533 e. The number of hydrogen-bond acceptors (Lipinski definition) is 1. The quantitative estimate of drug-likeness (QED) is 0.872. The van der Waals surface area contributed by atoms with E-state index in [2.05, 4.69) is 54.9 Å². The number of rotatable bonds is 2. The van der Waals surface area contributed by atoms with Crippen LogP contribution in [0.4, 0.5) is 0 Å². The molecule has 0 amide bonds. The van der Waals surface area contributed by atoms with Crippen molar-refractivity contribution in [3.8, 4) is 0 Å². The van der Waals surface area contributed by atoms with Crippen LogP contribution >= 0.6 is 15.9 Å². The summed E-state index contributed by atoms with van der Waals surface area (Å²) in [5.41, 5.74) is 2.73. The van der Waals surface area contributed by atoms with Gasteiger partial charge in [-0.2, -0.15) is 0 Å². The van der Waals surface area contributed by atoms with Gasteiger partial charge >= 0.3 is 0 Å². The Morgan fingerprint density at radius 3 is 2.33 bits per heavy atom. The van der Waals surface area contributed by atoms with Gasteiger partial charge in [0.05, 0.1) is 6.61 Å². The van der Waals surface area contributed by atoms with E-state index in [1.54, 1.807) is 0 Å². The zero-order valence-electron chi connectivity index (χ0n) is 9.47. The second-order valence-corrected chi connectivity index (χ2v) is 6.23. The molecule has 0 spiro atoms. The van der Waals surface area contributed by atoms with Crippen molar-refractivity contribution in [1.29, 1.82) is 0 Å². The first-order valence-electron chi connectivity index (χ1n) is 5.30. The van der Waals surface area contributed by atoms with Crippen molar-refractivity contribution in [2.24, 2.45) is 5.41 Å². The molecule has 1 N–H and O–H groups in total. The molecule has 0 bridgehead atoms. The fourth-order valence-electron chi connectivity index (χ4n) is 2.58. The summed E-state index contributed by atoms with van der Waals surface area (Å²) in [5, 5.41) is 9.61. The minimum Gasteiger partial charge on any atom is -0.395 e. The molecule has 0 aliphatic heterocycles. The SMILES string of the molecule is Cc1cc(Br)cc(C2(CO)CC2(C)C)c1. The van der Waals surface area contributed by atoms with Gasteiger partial charge in [-0.15, -0.1) is 0 Å². The van der Waals surface area contributed by atoms with Crippen molar-refractivity contribution >= 4 is 15.9 Å². The Kier molecular flexibility index (Phi) is 2.47. The number of benzene rings is 1. The highest BCUT2D eigenvalue weighted by atomic mass is 79.9. The van der Waals surface area contributed by atoms with Gasteiger partial charge in [0.25, 0.3) is 0 Å². The zero-order valence-corrected chi connectivity index (χ0v) is 11.1. The summed E-state index contributed by atoms with van der Waals surface area (Å²) < 4.78 is 1.10. The van der Waals surface area contributed by atoms with Gasteiger partial charge < -0.3 is 5.11 Å². The standard InChI is InChI=1S/C13H17BrO/c1-9-4-10(6-11(14)5-9)13(8-15)7-12(13,2)3/h4-6,15H,7-8H2,1-3H3. The van der Waals surface area contributed by atoms with E-state index in [0.29, 0.717) is 0 Å². The first-order chi connectivity index (χ1) is 6.91. The fourth-order valence-corrected chi connectivity index (χ4v) is 3.18. The van der Waals surface area contributed by atoms with Gasteiger partial charge in [0.15, 0.2) is 0 Å². The molecule has 82 valence electrons. The van der Waals surface area contributed by atoms with Crippen LogP contribution in [-0.4, -0.2) is 11.7 Å². The molecule has 1 fully saturated rings. The summed E-state index contributed by atoms with van der Waals surface area (Å²) >= 11 is 3.52. The van der Waals surface area contributed by atoms with Crippen molar-refractivity contribution in [1.82, 2.24) is 0 Å². The molecule has 0 heterocycles. The lowest BCUT2D eigenvalue weighted by Gasteiger charge is -2.19. The average molecular weight is 269 g/mol. The molecule has 0 radical (unpaired) electrons. The highest BCUT2D eigenvalue weighted by molar-refractivity contribution is 9.10. The van der Waals surface area contributed by atoms with Crippen LogP contribution < -0.4 is 0 Å². The minimum absolute atomic E-state index is 0.0124. The van der Waals surface area contributed by atoms with Gasteiger partial charge in [0, 0.05) is 9.89 Å². The van der Waals surface area contributed by atoms with Crippen LogP contribution in [0.15, 0.2) is 22.7 Å². The average Bonchev–Trinajstić information content (AvgIpc) is 2.68. The van der Waals surface area contributed by atoms with E-state index in [1.165, 1.54) is 11.1 Å². The molecule has 1 nitrogen and oxygen atoms in total. The first-order valence-corrected chi connectivity index (χ1v) is 6.09. The minimum atomic E-state index is -0.0124. The second-order valence-electron chi connectivity index (χ2n) is 5.32. The Hall–Kier alpha value is -0.340. The molecule has 1 aromatic carbocycles. The summed E-state index contributed by atoms with van der Waals surface area (Å²) in [6, 6.07) is 6.43. The maximum Gasteiger partial charge on any atom is 0.0533 e. The summed E-state index contributed by atoms with van der Waals surface area (Å²) in [7, 11) is 0. The molecule has 1 saturated carbocycles. The monoisotopic (exact) mass is 268 g/mol. The second kappa shape index (κ2) is 3.33. The lowest BCUT2D eigenvalue weighted by Crippen LogP contribution is -2.19. The number of aliphatic hydroxyl groups excluding tert-OH is 1. The van der Waals surface area contributed by atoms with Crippen LogP contribution in [0.2, 0.25) is 0 Å². The van der Waals surface area contributed by atoms with Gasteiger partial charge in [-0.25, -0.2) is 0 Å². The van der Waals surface area contributed by atoms with Crippen LogP contribution in [0.5, 0.6) is 0 Å². The van der Waals surface area contributed by atoms with E-state index in [0.717, 1.165) is 10.9 Å². The molecule has 15 heavy (non-hydrogen) atoms. The molecule has 0 aromatic heterocycles. The van der Waals surface area contributed by atoms with E-state index in [9.17, 15) is 5.11 Å². The van der Waals surface area contributed by atoms with E-state index in [4.69, 9.17) is 0 Å². The molecule has 1 atom stereocenters. The largest absolute Gasteiger partial charge is 0.395 e. The van der Waals surface area contributed by atoms with Crippen molar-refractivity contribution in [3.63, 3.8) is 0 Å². The predicted octanol–water partition coefficient (Wildman–Crippen LogP) is 3.42. The molecule has 2 heteroatoms. The Bertz CT molecular complexity index is 377. The number of aliphatic hydroxyl groups is 1. The Morgan fingerprint density at radius 1 is 1.33 bits per heavy atom. The third-order valence-corrected chi connectivity index (χ3v) is 4.24. The molecule has 1 unspecified atom stereocenters. The third-order valence-electron chi connectivity index (χ3n) is 3.78. The number of hydrogen-bond donors (Lipinski definition) is 1. The molecule has 1 aliphatic rings. The molecule has 2 rings (SSSR count). The van der Waals surface area contributed by atoms with Crippen LogP contribution in [0.1, 0.15) is 31.4 Å². The van der Waals surface area contributed by atoms with Gasteiger partial charge in [0.2, 0.25) is 0 Å². The maximum absolute atomic E-state index is 9.61. The van der Waals surface area contributed by atoms with Crippen LogP contribution in [0, 0.1) is 12.3 Å². The highest BCUT2D eigenvalue weighted by Gasteiger charge is 2.61. The summed E-state index contributed by atoms with van der Waals surface area (Å²) in [6.07, 6.45) is 1.08. The normalized spacial score (nSPS) is 27.8. The zero-order chi connectivity index (χ0) is 11.3. The molecule has 0 saturated heterocycles. The lowest BCUT2D eigenvalue weighted by atomic mass is 9.88. The summed E-state index contributed by atoms with van der Waals surface area (Å²) in [6.45, 7) is 6.78. The number of halogens is 1. The number of aryl methyl sites for hydroxylation is 1. The Balaban J connectivity index is 2.46. The highest BCUT2D eigenvalue weighted by Crippen LogP contribution is 2.64. The summed E-state index contributed by atoms with van der Waals surface area (Å²) in [4.78, 5) is 0. The van der Waals surface area contributed by atoms with Gasteiger partial charge in [-0.05, 0) is 42.0 Å². The van der Waals surface area contributed by atoms with E-state index < -0.39 is 0 Å². The van der Waals surface area contributed by atoms with Crippen LogP contribution in [-0.2, 0) is 5.41 Å². The predicted molar refractivity (Wildman–Crippen MR) is 66.0 cm³/mol. The van der Waals surface area contributed by atoms with Crippen LogP contribution in [0.3, 0.4) is 0 Å². The third kappa shape index (κ3) is 1.64. The molecular formula is C13H17BrO. The van der Waals surface area contributed by atoms with Crippen molar-refractivity contribution in [3.05, 3.63) is 33.8 Å². The van der Waals surface area contributed by atoms with Crippen LogP contribution in [0.25, 0.3) is 0 Å². The van der Waals surface area contributed by atoms with Crippen molar-refractivity contribution in [2.75, 3.05) is 6.61 Å². The first kappa shape index (κ1) is 11.2. The van der Waals surface area contributed by atoms with Gasteiger partial charge in [0.1, 0.15) is 0 Å². The molecule has 1 aliphatic carbocycles. The Morgan fingerprint density at radius 2 is 1.93 bits per heavy atom. The van der Waals surface area contributed by atoms with Crippen molar-refractivity contribution in [2.45, 2.75) is 32.6 Å². The lowest BCUT2D eigenvalue weighted by molar-refractivity contribution is 0.231. The van der Waals surface area contributed by atoms with E-state index in [-0.39, 0.29) is 17.4 Å². The fraction of sp³-hybridized carbons (Fsp3) is 0.538. The topological polar surface area (TPSA) is 20.2 Å². The summed E-state index contributed by atoms with van der Waals surface area (Å²) in [5.74, 6) is 0. The Labute approximate surface area is 99.6 Å². The molecular weight excluding hydrogens is 252 g/mol.